The van der Waals surface area contributed by atoms with Gasteiger partial charge in [-0.3, -0.25) is 38.5 Å². The predicted molar refractivity (Wildman–Crippen MR) is 243 cm³/mol. The quantitative estimate of drug-likeness (QED) is 0.284. The molecule has 67 heavy (non-hydrogen) atoms. The van der Waals surface area contributed by atoms with Crippen LogP contribution >= 0.6 is 22.9 Å². The summed E-state index contributed by atoms with van der Waals surface area (Å²) in [6.45, 7) is 4.37. The highest BCUT2D eigenvalue weighted by atomic mass is 35.5. The van der Waals surface area contributed by atoms with Crippen molar-refractivity contribution in [3.8, 4) is 10.4 Å². The number of likely N-dealkylation sites (N-methyl/N-ethyl adjacent to an activating group) is 3. The number of carbonyl (C=O) groups is 7. The minimum absolute atomic E-state index is 0.0196. The highest BCUT2D eigenvalue weighted by Crippen LogP contribution is 2.46. The monoisotopic (exact) mass is 978 g/mol. The zero-order valence-corrected chi connectivity index (χ0v) is 40.6. The number of likely N-dealkylation sites (tertiary alicyclic amines) is 1. The molecule has 0 radical (unpaired) electrons. The first kappa shape index (κ1) is 51.6. The Labute approximate surface area is 398 Å². The minimum atomic E-state index is -3.52. The summed E-state index contributed by atoms with van der Waals surface area (Å²) in [5, 5.41) is 8.81. The number of halogens is 4. The average Bonchev–Trinajstić information content (AvgIpc) is 3.78. The fraction of sp³-hybridized carbons (Fsp3) is 0.652. The summed E-state index contributed by atoms with van der Waals surface area (Å²) in [4.78, 5) is 109. The molecule has 0 unspecified atom stereocenters. The van der Waals surface area contributed by atoms with E-state index in [1.165, 1.54) is 40.1 Å². The second-order valence-corrected chi connectivity index (χ2v) is 20.4. The first-order chi connectivity index (χ1) is 31.5. The number of hydrogen-bond acceptors (Lipinski definition) is 10. The Morgan fingerprint density at radius 1 is 1.06 bits per heavy atom. The molecule has 368 valence electrons. The van der Waals surface area contributed by atoms with Gasteiger partial charge in [0.25, 0.3) is 5.92 Å². The van der Waals surface area contributed by atoms with Crippen LogP contribution < -0.4 is 16.0 Å². The van der Waals surface area contributed by atoms with E-state index in [1.54, 1.807) is 43.9 Å². The molecule has 4 heterocycles. The molecule has 3 saturated heterocycles. The molecule has 7 atom stereocenters. The lowest BCUT2D eigenvalue weighted by atomic mass is 9.78. The second kappa shape index (κ2) is 21.2. The summed E-state index contributed by atoms with van der Waals surface area (Å²) in [7, 11) is 4.46. The van der Waals surface area contributed by atoms with Gasteiger partial charge in [0, 0.05) is 58.7 Å². The number of alkyl halides is 3. The van der Waals surface area contributed by atoms with E-state index in [0.29, 0.717) is 43.2 Å². The summed E-state index contributed by atoms with van der Waals surface area (Å²) in [6, 6.07) is -1.98. The van der Waals surface area contributed by atoms with Gasteiger partial charge in [-0.25, -0.2) is 13.2 Å². The van der Waals surface area contributed by atoms with Crippen LogP contribution in [0.1, 0.15) is 78.2 Å². The molecule has 21 heteroatoms. The van der Waals surface area contributed by atoms with E-state index in [2.05, 4.69) is 20.9 Å². The largest absolute Gasteiger partial charge is 0.379 e. The lowest BCUT2D eigenvalue weighted by molar-refractivity contribution is -0.236. The molecule has 4 fully saturated rings. The molecule has 1 aromatic carbocycles. The number of hydrogen-bond donors (Lipinski definition) is 3. The number of amides is 7. The van der Waals surface area contributed by atoms with E-state index >= 15 is 0 Å². The SMILES string of the molecule is CC(C)C[C@@H]1NC(=O)[C@@H](N(C)C(=O)[C@@H](NC(=O)[C@@H]2C[C@@H](F)CN2C(=O)C2(C(C)(F)F)COC2)C2CC2)CCCCN(C)C(=O)[C@@H](C)NC(=O)[C@H](Cc2cc(Cl)ccc2-c2cncs2)N(C)C1=O. The summed E-state index contributed by atoms with van der Waals surface area (Å²) >= 11 is 7.86. The number of nitrogens with one attached hydrogen (secondary N) is 3. The number of thiazole rings is 1. The predicted octanol–water partition coefficient (Wildman–Crippen LogP) is 3.84. The van der Waals surface area contributed by atoms with Crippen LogP contribution in [0.25, 0.3) is 10.4 Å². The van der Waals surface area contributed by atoms with Crippen molar-refractivity contribution in [1.82, 2.24) is 40.5 Å². The van der Waals surface area contributed by atoms with Gasteiger partial charge in [0.1, 0.15) is 42.4 Å². The van der Waals surface area contributed by atoms with Crippen LogP contribution in [0.5, 0.6) is 0 Å². The molecule has 3 N–H and O–H groups in total. The minimum Gasteiger partial charge on any atom is -0.379 e. The van der Waals surface area contributed by atoms with Gasteiger partial charge in [-0.15, -0.1) is 11.3 Å². The first-order valence-electron chi connectivity index (χ1n) is 22.8. The molecule has 1 aromatic heterocycles. The standard InChI is InChI=1S/C46H62ClF3N8O8S/c1-25(2)16-32-42(63)57(7)34(18-28-17-29(47)13-14-31(28)36-20-51-24-67-36)39(60)52-26(3)41(62)55(5)15-9-8-10-33(38(59)53-32)56(6)43(64)37(27-11-12-27)54-40(61)35-19-30(48)21-58(35)44(65)46(22-66-23-46)45(4,49)50/h13-14,17,20,24-27,30,32-35,37H,8-12,15-16,18-19,21-23H2,1-7H3,(H,52,60)(H,53,59)(H,54,61)/t26-,30-,32+,33+,34+,35+,37+/m1/s1. The van der Waals surface area contributed by atoms with E-state index in [1.807, 2.05) is 13.8 Å². The third kappa shape index (κ3) is 11.6. The van der Waals surface area contributed by atoms with Crippen molar-refractivity contribution in [2.45, 2.75) is 127 Å². The van der Waals surface area contributed by atoms with Crippen LogP contribution in [0.15, 0.2) is 29.9 Å². The summed E-state index contributed by atoms with van der Waals surface area (Å²) in [5.74, 6) is -8.90. The van der Waals surface area contributed by atoms with Crippen molar-refractivity contribution in [2.24, 2.45) is 17.3 Å². The van der Waals surface area contributed by atoms with Gasteiger partial charge in [0.2, 0.25) is 41.4 Å². The van der Waals surface area contributed by atoms with Crippen LogP contribution in [0.3, 0.4) is 0 Å². The van der Waals surface area contributed by atoms with Crippen molar-refractivity contribution in [2.75, 3.05) is 47.4 Å². The van der Waals surface area contributed by atoms with Crippen molar-refractivity contribution in [3.63, 3.8) is 0 Å². The van der Waals surface area contributed by atoms with Gasteiger partial charge in [-0.05, 0) is 80.5 Å². The second-order valence-electron chi connectivity index (χ2n) is 19.1. The van der Waals surface area contributed by atoms with E-state index in [4.69, 9.17) is 16.3 Å². The lowest BCUT2D eigenvalue weighted by Gasteiger charge is -2.46. The first-order valence-corrected chi connectivity index (χ1v) is 24.1. The molecule has 0 bridgehead atoms. The van der Waals surface area contributed by atoms with Crippen LogP contribution in [0, 0.1) is 17.3 Å². The van der Waals surface area contributed by atoms with E-state index in [9.17, 15) is 46.7 Å². The third-order valence-electron chi connectivity index (χ3n) is 13.5. The molecule has 1 saturated carbocycles. The van der Waals surface area contributed by atoms with Gasteiger partial charge < -0.3 is 40.3 Å². The van der Waals surface area contributed by atoms with Crippen molar-refractivity contribution in [1.29, 1.82) is 0 Å². The zero-order chi connectivity index (χ0) is 49.1. The Morgan fingerprint density at radius 3 is 2.36 bits per heavy atom. The molecular weight excluding hydrogens is 917 g/mol. The number of benzene rings is 1. The van der Waals surface area contributed by atoms with E-state index in [-0.39, 0.29) is 43.6 Å². The lowest BCUT2D eigenvalue weighted by Crippen LogP contribution is -2.65. The van der Waals surface area contributed by atoms with Gasteiger partial charge in [0.05, 0.1) is 30.1 Å². The Bertz CT molecular complexity index is 2170. The van der Waals surface area contributed by atoms with Crippen LogP contribution in [-0.4, -0.2) is 162 Å². The maximum Gasteiger partial charge on any atom is 0.264 e. The molecule has 0 spiro atoms. The number of ether oxygens (including phenoxy) is 1. The molecule has 6 rings (SSSR count). The molecule has 4 aliphatic rings. The summed E-state index contributed by atoms with van der Waals surface area (Å²) in [5.41, 5.74) is 0.805. The molecular formula is C46H62ClF3N8O8S. The van der Waals surface area contributed by atoms with Gasteiger partial charge in [0.15, 0.2) is 5.41 Å². The van der Waals surface area contributed by atoms with Gasteiger partial charge in [-0.1, -0.05) is 31.5 Å². The average molecular weight is 980 g/mol. The zero-order valence-electron chi connectivity index (χ0n) is 39.0. The smallest absolute Gasteiger partial charge is 0.264 e. The maximum atomic E-state index is 15.0. The highest BCUT2D eigenvalue weighted by molar-refractivity contribution is 7.13. The fourth-order valence-electron chi connectivity index (χ4n) is 9.13. The molecule has 3 aliphatic heterocycles. The van der Waals surface area contributed by atoms with Crippen LogP contribution in [0.4, 0.5) is 13.2 Å². The van der Waals surface area contributed by atoms with Crippen LogP contribution in [-0.2, 0) is 44.7 Å². The van der Waals surface area contributed by atoms with Crippen LogP contribution in [0.2, 0.25) is 5.02 Å². The normalized spacial score (nSPS) is 26.2. The Kier molecular flexibility index (Phi) is 16.3. The number of aromatic nitrogens is 1. The third-order valence-corrected chi connectivity index (χ3v) is 14.5. The van der Waals surface area contributed by atoms with Gasteiger partial charge >= 0.3 is 0 Å². The molecule has 2 aromatic rings. The highest BCUT2D eigenvalue weighted by Gasteiger charge is 2.64. The topological polar surface area (TPSA) is 191 Å². The van der Waals surface area contributed by atoms with E-state index < -0.39 is 115 Å². The van der Waals surface area contributed by atoms with Crippen molar-refractivity contribution in [3.05, 3.63) is 40.5 Å². The maximum absolute atomic E-state index is 15.0. The Balaban J connectivity index is 1.27. The number of nitrogens with zero attached hydrogens (tertiary/aromatic N) is 5. The summed E-state index contributed by atoms with van der Waals surface area (Å²) in [6.07, 6.45) is 1.58. The summed E-state index contributed by atoms with van der Waals surface area (Å²) < 4.78 is 49.6. The molecule has 16 nitrogen and oxygen atoms in total. The Morgan fingerprint density at radius 2 is 1.76 bits per heavy atom. The molecule has 7 amide bonds. The van der Waals surface area contributed by atoms with Crippen molar-refractivity contribution < 1.29 is 51.5 Å². The number of carbonyl (C=O) groups excluding carboxylic acids is 7. The van der Waals surface area contributed by atoms with E-state index in [0.717, 1.165) is 15.3 Å². The van der Waals surface area contributed by atoms with Crippen molar-refractivity contribution >= 4 is 64.3 Å². The molecule has 1 aliphatic carbocycles. The number of rotatable bonds is 12. The fourth-order valence-corrected chi connectivity index (χ4v) is 10.0. The van der Waals surface area contributed by atoms with Gasteiger partial charge in [-0.2, -0.15) is 0 Å². The Hall–Kier alpha value is -4.82.